The second-order valence-corrected chi connectivity index (χ2v) is 13.2. The van der Waals surface area contributed by atoms with E-state index >= 15 is 0 Å². The maximum absolute atomic E-state index is 6.70. The zero-order chi connectivity index (χ0) is 34.2. The van der Waals surface area contributed by atoms with E-state index in [-0.39, 0.29) is 0 Å². The lowest BCUT2D eigenvalue weighted by Crippen LogP contribution is -2.00. The summed E-state index contributed by atoms with van der Waals surface area (Å²) in [6, 6.07) is 56.3. The Balaban J connectivity index is 1.19. The molecule has 0 saturated heterocycles. The molecule has 0 radical (unpaired) electrons. The zero-order valence-electron chi connectivity index (χ0n) is 27.7. The molecule has 0 bridgehead atoms. The Labute approximate surface area is 297 Å². The van der Waals surface area contributed by atoms with Gasteiger partial charge in [-0.05, 0) is 69.8 Å². The lowest BCUT2D eigenvalue weighted by molar-refractivity contribution is 0.669. The highest BCUT2D eigenvalue weighted by molar-refractivity contribution is 6.22. The fraction of sp³-hybridized carbons (Fsp3) is 0. The SMILES string of the molecule is c1ccc(-c2cc3c(oc4cccc(-c5nc(-c6ccc7ccccc7c6)nc(-c6ccc7oc8ccccc8c7c6)n5)c43)c3ccccc23)cc1. The maximum Gasteiger partial charge on any atom is 0.164 e. The van der Waals surface area contributed by atoms with E-state index in [0.717, 1.165) is 93.2 Å². The molecule has 8 aromatic carbocycles. The molecule has 0 amide bonds. The average molecular weight is 666 g/mol. The van der Waals surface area contributed by atoms with Crippen molar-refractivity contribution < 1.29 is 8.83 Å². The van der Waals surface area contributed by atoms with Crippen LogP contribution in [0.3, 0.4) is 0 Å². The molecule has 3 heterocycles. The van der Waals surface area contributed by atoms with E-state index in [1.165, 1.54) is 0 Å². The number of hydrogen-bond donors (Lipinski definition) is 0. The maximum atomic E-state index is 6.70. The highest BCUT2D eigenvalue weighted by Gasteiger charge is 2.21. The first-order valence-corrected chi connectivity index (χ1v) is 17.3. The van der Waals surface area contributed by atoms with E-state index in [9.17, 15) is 0 Å². The minimum Gasteiger partial charge on any atom is -0.456 e. The van der Waals surface area contributed by atoms with Crippen LogP contribution in [0, 0.1) is 0 Å². The molecule has 0 spiro atoms. The van der Waals surface area contributed by atoms with Crippen LogP contribution in [0.2, 0.25) is 0 Å². The molecule has 0 unspecified atom stereocenters. The van der Waals surface area contributed by atoms with Crippen molar-refractivity contribution in [3.63, 3.8) is 0 Å². The first kappa shape index (κ1) is 28.7. The summed E-state index contributed by atoms with van der Waals surface area (Å²) >= 11 is 0. The smallest absolute Gasteiger partial charge is 0.164 e. The van der Waals surface area contributed by atoms with Gasteiger partial charge in [-0.25, -0.2) is 15.0 Å². The molecule has 3 aromatic heterocycles. The lowest BCUT2D eigenvalue weighted by Gasteiger charge is -2.11. The summed E-state index contributed by atoms with van der Waals surface area (Å²) in [5.74, 6) is 1.76. The van der Waals surface area contributed by atoms with Crippen molar-refractivity contribution in [1.29, 1.82) is 0 Å². The standard InChI is InChI=1S/C47H27N3O2/c1-2-12-29(13-3-1)37-27-39-43-36(18-10-20-42(43)52-44(39)35-17-7-6-15-33(35)37)47-49-45(31-22-21-28-11-4-5-14-30(28)25-31)48-46(50-47)32-23-24-41-38(26-32)34-16-8-9-19-40(34)51-41/h1-27H. The van der Waals surface area contributed by atoms with Crippen LogP contribution >= 0.6 is 0 Å². The van der Waals surface area contributed by atoms with Gasteiger partial charge in [0.15, 0.2) is 17.5 Å². The number of fused-ring (bicyclic) bond motifs is 9. The van der Waals surface area contributed by atoms with Crippen molar-refractivity contribution in [3.8, 4) is 45.3 Å². The normalized spacial score (nSPS) is 11.8. The number of aromatic nitrogens is 3. The largest absolute Gasteiger partial charge is 0.456 e. The molecular weight excluding hydrogens is 639 g/mol. The summed E-state index contributed by atoms with van der Waals surface area (Å²) in [5.41, 5.74) is 8.28. The molecule has 0 aliphatic heterocycles. The summed E-state index contributed by atoms with van der Waals surface area (Å²) < 4.78 is 12.9. The topological polar surface area (TPSA) is 65.0 Å². The van der Waals surface area contributed by atoms with E-state index in [4.69, 9.17) is 23.8 Å². The molecule has 11 aromatic rings. The van der Waals surface area contributed by atoms with E-state index in [1.807, 2.05) is 48.5 Å². The van der Waals surface area contributed by atoms with Crippen LogP contribution in [0.5, 0.6) is 0 Å². The highest BCUT2D eigenvalue weighted by atomic mass is 16.3. The van der Waals surface area contributed by atoms with Crippen molar-refractivity contribution in [2.24, 2.45) is 0 Å². The van der Waals surface area contributed by atoms with Crippen LogP contribution in [0.15, 0.2) is 173 Å². The average Bonchev–Trinajstić information content (AvgIpc) is 3.79. The van der Waals surface area contributed by atoms with Gasteiger partial charge in [-0.1, -0.05) is 121 Å². The van der Waals surface area contributed by atoms with Gasteiger partial charge in [0, 0.05) is 43.6 Å². The van der Waals surface area contributed by atoms with Gasteiger partial charge >= 0.3 is 0 Å². The van der Waals surface area contributed by atoms with Crippen molar-refractivity contribution in [1.82, 2.24) is 15.0 Å². The van der Waals surface area contributed by atoms with Crippen LogP contribution in [-0.2, 0) is 0 Å². The number of nitrogens with zero attached hydrogens (tertiary/aromatic N) is 3. The van der Waals surface area contributed by atoms with Crippen molar-refractivity contribution in [2.45, 2.75) is 0 Å². The molecule has 0 aliphatic rings. The summed E-state index contributed by atoms with van der Waals surface area (Å²) in [6.07, 6.45) is 0. The number of furan rings is 2. The quantitative estimate of drug-likeness (QED) is 0.187. The predicted octanol–water partition coefficient (Wildman–Crippen LogP) is 12.6. The number of rotatable bonds is 4. The predicted molar refractivity (Wildman–Crippen MR) is 211 cm³/mol. The number of para-hydroxylation sites is 1. The highest BCUT2D eigenvalue weighted by Crippen LogP contribution is 2.43. The van der Waals surface area contributed by atoms with Crippen LogP contribution in [0.1, 0.15) is 0 Å². The Kier molecular flexibility index (Phi) is 6.18. The Morgan fingerprint density at radius 3 is 1.85 bits per heavy atom. The van der Waals surface area contributed by atoms with E-state index < -0.39 is 0 Å². The molecular formula is C47H27N3O2. The van der Waals surface area contributed by atoms with Crippen LogP contribution < -0.4 is 0 Å². The monoisotopic (exact) mass is 665 g/mol. The van der Waals surface area contributed by atoms with Gasteiger partial charge in [0.2, 0.25) is 0 Å². The summed E-state index contributed by atoms with van der Waals surface area (Å²) in [5, 5.41) is 8.55. The Morgan fingerprint density at radius 1 is 0.327 bits per heavy atom. The first-order chi connectivity index (χ1) is 25.7. The van der Waals surface area contributed by atoms with Crippen LogP contribution in [0.4, 0.5) is 0 Å². The van der Waals surface area contributed by atoms with Gasteiger partial charge in [-0.15, -0.1) is 0 Å². The Hall–Kier alpha value is -7.11. The third kappa shape index (κ3) is 4.46. The molecule has 0 fully saturated rings. The summed E-state index contributed by atoms with van der Waals surface area (Å²) in [6.45, 7) is 0. The Morgan fingerprint density at radius 2 is 0.981 bits per heavy atom. The van der Waals surface area contributed by atoms with Gasteiger partial charge < -0.3 is 8.83 Å². The molecule has 242 valence electrons. The third-order valence-corrected chi connectivity index (χ3v) is 10.1. The minimum absolute atomic E-state index is 0.577. The number of benzene rings is 8. The van der Waals surface area contributed by atoms with Gasteiger partial charge in [-0.2, -0.15) is 0 Å². The van der Waals surface area contributed by atoms with Crippen LogP contribution in [-0.4, -0.2) is 15.0 Å². The molecule has 52 heavy (non-hydrogen) atoms. The van der Waals surface area contributed by atoms with Crippen molar-refractivity contribution >= 4 is 65.4 Å². The minimum atomic E-state index is 0.577. The van der Waals surface area contributed by atoms with Gasteiger partial charge in [0.1, 0.15) is 22.3 Å². The molecule has 0 saturated carbocycles. The van der Waals surface area contributed by atoms with Gasteiger partial charge in [0.25, 0.3) is 0 Å². The van der Waals surface area contributed by atoms with E-state index in [1.54, 1.807) is 0 Å². The fourth-order valence-corrected chi connectivity index (χ4v) is 7.64. The molecule has 11 rings (SSSR count). The van der Waals surface area contributed by atoms with E-state index in [2.05, 4.69) is 115 Å². The molecule has 5 heteroatoms. The fourth-order valence-electron chi connectivity index (χ4n) is 7.64. The second-order valence-electron chi connectivity index (χ2n) is 13.2. The van der Waals surface area contributed by atoms with E-state index in [0.29, 0.717) is 17.5 Å². The molecule has 5 nitrogen and oxygen atoms in total. The summed E-state index contributed by atoms with van der Waals surface area (Å²) in [7, 11) is 0. The molecule has 0 atom stereocenters. The molecule has 0 N–H and O–H groups in total. The summed E-state index contributed by atoms with van der Waals surface area (Å²) in [4.78, 5) is 15.5. The Bertz CT molecular complexity index is 3190. The lowest BCUT2D eigenvalue weighted by atomic mass is 9.94. The zero-order valence-corrected chi connectivity index (χ0v) is 27.7. The first-order valence-electron chi connectivity index (χ1n) is 17.3. The van der Waals surface area contributed by atoms with Gasteiger partial charge in [-0.3, -0.25) is 0 Å². The third-order valence-electron chi connectivity index (χ3n) is 10.1. The van der Waals surface area contributed by atoms with Crippen molar-refractivity contribution in [3.05, 3.63) is 164 Å². The van der Waals surface area contributed by atoms with Gasteiger partial charge in [0.05, 0.1) is 0 Å². The van der Waals surface area contributed by atoms with Crippen molar-refractivity contribution in [2.75, 3.05) is 0 Å². The van der Waals surface area contributed by atoms with Crippen LogP contribution in [0.25, 0.3) is 111 Å². The second kappa shape index (κ2) is 11.2. The number of hydrogen-bond acceptors (Lipinski definition) is 5. The molecule has 0 aliphatic carbocycles.